The Balaban J connectivity index is 1.42. The van der Waals surface area contributed by atoms with E-state index in [0.29, 0.717) is 5.69 Å². The summed E-state index contributed by atoms with van der Waals surface area (Å²) in [5, 5.41) is 14.6. The van der Waals surface area contributed by atoms with Gasteiger partial charge in [0.05, 0.1) is 47.3 Å². The van der Waals surface area contributed by atoms with Crippen LogP contribution in [0.4, 0.5) is 38.1 Å². The van der Waals surface area contributed by atoms with Gasteiger partial charge in [-0.05, 0) is 38.0 Å². The van der Waals surface area contributed by atoms with E-state index >= 15 is 0 Å². The van der Waals surface area contributed by atoms with Crippen LogP contribution in [-0.2, 0) is 9.84 Å². The quantitative estimate of drug-likeness (QED) is 0.170. The maximum absolute atomic E-state index is 14.4. The molecular formula is C27H31ClF5N9O2Si. The molecule has 242 valence electrons. The number of halogens is 6. The number of fused-ring (bicyclic) bond motifs is 3. The molecule has 0 fully saturated rings. The fourth-order valence-corrected chi connectivity index (χ4v) is 6.33. The SMILES string of the molecule is CC(O[Si](C)(C)C(C)(C)C)c1cnn(-c2ncc(NC(=O)N3C[C@@](C)(C(F)(F)F)c4c3cnc3cc(Cl)nn43)cc2C(F)F)n1. The van der Waals surface area contributed by atoms with Crippen molar-refractivity contribution in [2.45, 2.75) is 76.9 Å². The molecule has 1 aliphatic heterocycles. The predicted octanol–water partition coefficient (Wildman–Crippen LogP) is 7.25. The normalized spacial score (nSPS) is 18.1. The molecule has 18 heteroatoms. The number of amides is 2. The summed E-state index contributed by atoms with van der Waals surface area (Å²) in [4.78, 5) is 23.3. The Labute approximate surface area is 260 Å². The van der Waals surface area contributed by atoms with Crippen LogP contribution in [0.5, 0.6) is 0 Å². The number of rotatable bonds is 6. The maximum atomic E-state index is 14.4. The number of nitrogens with one attached hydrogen (secondary N) is 1. The molecule has 0 aromatic carbocycles. The largest absolute Gasteiger partial charge is 0.409 e. The summed E-state index contributed by atoms with van der Waals surface area (Å²) in [6.45, 7) is 12.3. The molecule has 1 aliphatic rings. The molecule has 0 aliphatic carbocycles. The zero-order chi connectivity index (χ0) is 33.3. The van der Waals surface area contributed by atoms with Gasteiger partial charge in [0.25, 0.3) is 6.43 Å². The van der Waals surface area contributed by atoms with Gasteiger partial charge >= 0.3 is 12.2 Å². The van der Waals surface area contributed by atoms with Crippen LogP contribution in [0.1, 0.15) is 64.1 Å². The molecule has 45 heavy (non-hydrogen) atoms. The van der Waals surface area contributed by atoms with E-state index in [2.05, 4.69) is 64.4 Å². The Kier molecular flexibility index (Phi) is 7.97. The standard InChI is InChI=1S/C27H31ClF5N9O2Si/c1-14(44-45(6,7)25(2,3)4)17-11-36-42(38-17)23-16(22(29)30)8-15(10-35-23)37-24(43)40-13-26(5,27(31,32)33)21-18(40)12-34-20-9-19(28)39-41(20)21/h8-12,14,22H,13H2,1-7H3,(H,37,43)/t14?,26-/m1/s1. The fourth-order valence-electron chi connectivity index (χ4n) is 4.80. The van der Waals surface area contributed by atoms with Crippen LogP contribution in [0.15, 0.2) is 30.7 Å². The lowest BCUT2D eigenvalue weighted by Gasteiger charge is -2.38. The van der Waals surface area contributed by atoms with Gasteiger partial charge in [-0.3, -0.25) is 4.90 Å². The number of carbonyl (C=O) groups excluding carboxylic acids is 1. The Morgan fingerprint density at radius 1 is 1.11 bits per heavy atom. The summed E-state index contributed by atoms with van der Waals surface area (Å²) < 4.78 is 78.9. The third-order valence-electron chi connectivity index (χ3n) is 8.37. The van der Waals surface area contributed by atoms with Crippen LogP contribution in [0.25, 0.3) is 11.5 Å². The summed E-state index contributed by atoms with van der Waals surface area (Å²) in [6.07, 6.45) is -4.70. The minimum absolute atomic E-state index is 0.0641. The van der Waals surface area contributed by atoms with E-state index < -0.39 is 50.6 Å². The van der Waals surface area contributed by atoms with Gasteiger partial charge in [0.1, 0.15) is 11.1 Å². The second-order valence-electron chi connectivity index (χ2n) is 12.6. The van der Waals surface area contributed by atoms with Crippen molar-refractivity contribution >= 4 is 43.0 Å². The van der Waals surface area contributed by atoms with Crippen molar-refractivity contribution in [3.05, 3.63) is 52.8 Å². The van der Waals surface area contributed by atoms with Crippen LogP contribution in [0.3, 0.4) is 0 Å². The highest BCUT2D eigenvalue weighted by atomic mass is 35.5. The van der Waals surface area contributed by atoms with Crippen LogP contribution in [0, 0.1) is 0 Å². The van der Waals surface area contributed by atoms with Crippen LogP contribution in [0.2, 0.25) is 23.3 Å². The van der Waals surface area contributed by atoms with Crippen molar-refractivity contribution in [3.8, 4) is 5.82 Å². The lowest BCUT2D eigenvalue weighted by molar-refractivity contribution is -0.181. The van der Waals surface area contributed by atoms with E-state index in [-0.39, 0.29) is 38.7 Å². The summed E-state index contributed by atoms with van der Waals surface area (Å²) in [5.74, 6) is -0.285. The van der Waals surface area contributed by atoms with Gasteiger partial charge in [0.2, 0.25) is 0 Å². The number of urea groups is 1. The lowest BCUT2D eigenvalue weighted by Crippen LogP contribution is -2.46. The Morgan fingerprint density at radius 2 is 1.80 bits per heavy atom. The first-order valence-corrected chi connectivity index (χ1v) is 17.1. The van der Waals surface area contributed by atoms with Crippen molar-refractivity contribution in [2.75, 3.05) is 16.8 Å². The number of carbonyl (C=O) groups is 1. The highest BCUT2D eigenvalue weighted by molar-refractivity contribution is 6.74. The Morgan fingerprint density at radius 3 is 2.42 bits per heavy atom. The van der Waals surface area contributed by atoms with Crippen molar-refractivity contribution < 1.29 is 31.2 Å². The van der Waals surface area contributed by atoms with E-state index in [1.165, 1.54) is 12.3 Å². The summed E-state index contributed by atoms with van der Waals surface area (Å²) >= 11 is 5.92. The van der Waals surface area contributed by atoms with Crippen LogP contribution < -0.4 is 10.2 Å². The summed E-state index contributed by atoms with van der Waals surface area (Å²) in [7, 11) is -2.17. The molecule has 0 saturated carbocycles. The molecule has 4 aromatic rings. The number of aromatic nitrogens is 7. The number of nitrogens with zero attached hydrogens (tertiary/aromatic N) is 8. The zero-order valence-corrected chi connectivity index (χ0v) is 27.2. The molecule has 2 atom stereocenters. The highest BCUT2D eigenvalue weighted by Gasteiger charge is 2.60. The number of hydrogen-bond donors (Lipinski definition) is 1. The predicted molar refractivity (Wildman–Crippen MR) is 159 cm³/mol. The average Bonchev–Trinajstić information content (AvgIpc) is 3.63. The Hall–Kier alpha value is -3.70. The molecule has 5 heterocycles. The maximum Gasteiger partial charge on any atom is 0.401 e. The Bertz CT molecular complexity index is 1770. The second-order valence-corrected chi connectivity index (χ2v) is 17.7. The van der Waals surface area contributed by atoms with Gasteiger partial charge in [0.15, 0.2) is 24.9 Å². The third-order valence-corrected chi connectivity index (χ3v) is 13.1. The summed E-state index contributed by atoms with van der Waals surface area (Å²) in [5.41, 5.74) is -3.35. The second kappa shape index (κ2) is 11.0. The monoisotopic (exact) mass is 671 g/mol. The molecule has 5 rings (SSSR count). The highest BCUT2D eigenvalue weighted by Crippen LogP contribution is 2.50. The molecule has 0 saturated heterocycles. The topological polar surface area (TPSA) is 115 Å². The van der Waals surface area contributed by atoms with Gasteiger partial charge in [-0.15, -0.1) is 9.90 Å². The molecular weight excluding hydrogens is 641 g/mol. The molecule has 11 nitrogen and oxygen atoms in total. The van der Waals surface area contributed by atoms with E-state index in [1.54, 1.807) is 6.92 Å². The van der Waals surface area contributed by atoms with Gasteiger partial charge in [-0.25, -0.2) is 28.1 Å². The fraction of sp³-hybridized carbons (Fsp3) is 0.481. The zero-order valence-electron chi connectivity index (χ0n) is 25.4. The van der Waals surface area contributed by atoms with Crippen LogP contribution >= 0.6 is 11.6 Å². The number of anilines is 2. The molecule has 0 bridgehead atoms. The van der Waals surface area contributed by atoms with Crippen LogP contribution in [-0.4, -0.2) is 61.6 Å². The smallest absolute Gasteiger partial charge is 0.401 e. The molecule has 1 N–H and O–H groups in total. The number of alkyl halides is 5. The van der Waals surface area contributed by atoms with Gasteiger partial charge in [-0.1, -0.05) is 32.4 Å². The van der Waals surface area contributed by atoms with Crippen molar-refractivity contribution in [1.82, 2.24) is 34.6 Å². The molecule has 2 amide bonds. The van der Waals surface area contributed by atoms with E-state index in [1.807, 2.05) is 0 Å². The molecule has 0 radical (unpaired) electrons. The molecule has 1 unspecified atom stereocenters. The first-order valence-electron chi connectivity index (χ1n) is 13.8. The first-order chi connectivity index (χ1) is 20.7. The number of pyridine rings is 1. The van der Waals surface area contributed by atoms with Gasteiger partial charge in [0, 0.05) is 12.6 Å². The number of hydrogen-bond acceptors (Lipinski definition) is 7. The minimum Gasteiger partial charge on any atom is -0.409 e. The van der Waals surface area contributed by atoms with E-state index in [4.69, 9.17) is 16.0 Å². The third kappa shape index (κ3) is 5.76. The van der Waals surface area contributed by atoms with Crippen molar-refractivity contribution in [2.24, 2.45) is 0 Å². The van der Waals surface area contributed by atoms with E-state index in [9.17, 15) is 26.7 Å². The van der Waals surface area contributed by atoms with Crippen molar-refractivity contribution in [3.63, 3.8) is 0 Å². The lowest BCUT2D eigenvalue weighted by atomic mass is 9.88. The minimum atomic E-state index is -4.79. The summed E-state index contributed by atoms with van der Waals surface area (Å²) in [6, 6.07) is 1.24. The van der Waals surface area contributed by atoms with E-state index in [0.717, 1.165) is 39.6 Å². The molecule has 4 aromatic heterocycles. The average molecular weight is 672 g/mol. The molecule has 0 spiro atoms. The van der Waals surface area contributed by atoms with Gasteiger partial charge in [-0.2, -0.15) is 23.4 Å². The first kappa shape index (κ1) is 32.7. The van der Waals surface area contributed by atoms with Crippen molar-refractivity contribution in [1.29, 1.82) is 0 Å². The van der Waals surface area contributed by atoms with Gasteiger partial charge < -0.3 is 9.74 Å².